The lowest BCUT2D eigenvalue weighted by atomic mass is 10.1. The van der Waals surface area contributed by atoms with Crippen LogP contribution in [0.25, 0.3) is 10.2 Å². The van der Waals surface area contributed by atoms with Crippen molar-refractivity contribution in [2.75, 3.05) is 0 Å². The van der Waals surface area contributed by atoms with E-state index in [-0.39, 0.29) is 23.9 Å². The number of thiophene rings is 1. The molecule has 7 nitrogen and oxygen atoms in total. The second-order valence-corrected chi connectivity index (χ2v) is 5.45. The molecule has 1 unspecified atom stereocenters. The zero-order valence-corrected chi connectivity index (χ0v) is 11.3. The molecule has 2 amide bonds. The van der Waals surface area contributed by atoms with Gasteiger partial charge in [-0.15, -0.1) is 11.3 Å². The molecule has 2 aromatic heterocycles. The quantitative estimate of drug-likeness (QED) is 0.684. The molecule has 0 aromatic carbocycles. The van der Waals surface area contributed by atoms with Crippen LogP contribution in [0.1, 0.15) is 18.7 Å². The largest absolute Gasteiger partial charge is 0.308 e. The molecular weight excluding hydrogens is 280 g/mol. The van der Waals surface area contributed by atoms with Crippen LogP contribution in [-0.2, 0) is 16.1 Å². The maximum Gasteiger partial charge on any atom is 0.268 e. The summed E-state index contributed by atoms with van der Waals surface area (Å²) in [5.41, 5.74) is 0.476. The average molecular weight is 292 g/mol. The van der Waals surface area contributed by atoms with E-state index in [1.165, 1.54) is 11.3 Å². The number of carbonyl (C=O) groups excluding carboxylic acids is 2. The number of fused-ring (bicyclic) bond motifs is 1. The van der Waals surface area contributed by atoms with Crippen LogP contribution < -0.4 is 16.2 Å². The molecule has 0 radical (unpaired) electrons. The van der Waals surface area contributed by atoms with Gasteiger partial charge in [-0.25, -0.2) is 4.98 Å². The molecule has 2 aromatic rings. The fraction of sp³-hybridized carbons (Fsp3) is 0.333. The first-order chi connectivity index (χ1) is 9.63. The van der Waals surface area contributed by atoms with Crippen molar-refractivity contribution in [3.8, 4) is 0 Å². The number of nitrogens with zero attached hydrogens (tertiary/aromatic N) is 1. The van der Waals surface area contributed by atoms with E-state index in [0.717, 1.165) is 0 Å². The van der Waals surface area contributed by atoms with Crippen molar-refractivity contribution in [1.29, 1.82) is 0 Å². The smallest absolute Gasteiger partial charge is 0.268 e. The normalized spacial score (nSPS) is 19.3. The Morgan fingerprint density at radius 1 is 1.40 bits per heavy atom. The Morgan fingerprint density at radius 3 is 3.05 bits per heavy atom. The Balaban J connectivity index is 1.72. The minimum atomic E-state index is -0.434. The number of carbonyl (C=O) groups is 2. The van der Waals surface area contributed by atoms with Gasteiger partial charge in [0.05, 0.1) is 18.1 Å². The SMILES string of the molecule is O=C1CCC(NCc2nc3ccsc3c(=O)[nH]2)C(=O)N1. The first-order valence-electron chi connectivity index (χ1n) is 6.17. The van der Waals surface area contributed by atoms with Crippen molar-refractivity contribution in [2.24, 2.45) is 0 Å². The Labute approximate surface area is 117 Å². The first kappa shape index (κ1) is 12.9. The van der Waals surface area contributed by atoms with Crippen LogP contribution in [0.5, 0.6) is 0 Å². The number of rotatable bonds is 3. The van der Waals surface area contributed by atoms with Crippen LogP contribution in [0.3, 0.4) is 0 Å². The zero-order valence-electron chi connectivity index (χ0n) is 10.4. The molecule has 104 valence electrons. The first-order valence-corrected chi connectivity index (χ1v) is 7.05. The summed E-state index contributed by atoms with van der Waals surface area (Å²) in [7, 11) is 0. The molecule has 3 rings (SSSR count). The van der Waals surface area contributed by atoms with Crippen molar-refractivity contribution in [3.63, 3.8) is 0 Å². The van der Waals surface area contributed by atoms with E-state index in [1.807, 2.05) is 5.38 Å². The van der Waals surface area contributed by atoms with E-state index in [0.29, 0.717) is 28.9 Å². The van der Waals surface area contributed by atoms with Crippen molar-refractivity contribution in [2.45, 2.75) is 25.4 Å². The number of aromatic amines is 1. The highest BCUT2D eigenvalue weighted by Gasteiger charge is 2.26. The summed E-state index contributed by atoms with van der Waals surface area (Å²) >= 11 is 1.34. The number of nitrogens with one attached hydrogen (secondary N) is 3. The molecule has 0 spiro atoms. The van der Waals surface area contributed by atoms with E-state index >= 15 is 0 Å². The van der Waals surface area contributed by atoms with Crippen molar-refractivity contribution >= 4 is 33.4 Å². The monoisotopic (exact) mass is 292 g/mol. The van der Waals surface area contributed by atoms with Gasteiger partial charge < -0.3 is 4.98 Å². The summed E-state index contributed by atoms with van der Waals surface area (Å²) in [5.74, 6) is -0.106. The predicted octanol–water partition coefficient (Wildman–Crippen LogP) is -0.121. The van der Waals surface area contributed by atoms with E-state index in [2.05, 4.69) is 20.6 Å². The summed E-state index contributed by atoms with van der Waals surface area (Å²) in [6, 6.07) is 1.35. The fourth-order valence-electron chi connectivity index (χ4n) is 2.11. The highest BCUT2D eigenvalue weighted by Crippen LogP contribution is 2.13. The lowest BCUT2D eigenvalue weighted by Crippen LogP contribution is -2.50. The van der Waals surface area contributed by atoms with Gasteiger partial charge in [0.2, 0.25) is 11.8 Å². The molecule has 1 fully saturated rings. The maximum absolute atomic E-state index is 11.8. The van der Waals surface area contributed by atoms with Gasteiger partial charge in [-0.05, 0) is 17.9 Å². The van der Waals surface area contributed by atoms with Crippen LogP contribution in [-0.4, -0.2) is 27.8 Å². The minimum Gasteiger partial charge on any atom is -0.308 e. The molecular formula is C12H12N4O3S. The number of piperidine rings is 1. The average Bonchev–Trinajstić information content (AvgIpc) is 2.86. The van der Waals surface area contributed by atoms with Crippen LogP contribution in [0.15, 0.2) is 16.2 Å². The maximum atomic E-state index is 11.8. The van der Waals surface area contributed by atoms with Crippen molar-refractivity contribution < 1.29 is 9.59 Å². The van der Waals surface area contributed by atoms with Crippen LogP contribution in [0.4, 0.5) is 0 Å². The van der Waals surface area contributed by atoms with Gasteiger partial charge in [0.1, 0.15) is 10.5 Å². The Hall–Kier alpha value is -2.06. The molecule has 1 atom stereocenters. The summed E-state index contributed by atoms with van der Waals surface area (Å²) in [4.78, 5) is 41.4. The summed E-state index contributed by atoms with van der Waals surface area (Å²) in [6.07, 6.45) is 0.770. The van der Waals surface area contributed by atoms with E-state index < -0.39 is 6.04 Å². The van der Waals surface area contributed by atoms with E-state index in [4.69, 9.17) is 0 Å². The van der Waals surface area contributed by atoms with Crippen LogP contribution in [0, 0.1) is 0 Å². The molecule has 0 saturated carbocycles. The number of amides is 2. The third-order valence-electron chi connectivity index (χ3n) is 3.12. The van der Waals surface area contributed by atoms with Gasteiger partial charge in [0.25, 0.3) is 5.56 Å². The second kappa shape index (κ2) is 5.14. The van der Waals surface area contributed by atoms with Gasteiger partial charge in [-0.3, -0.25) is 25.0 Å². The molecule has 1 aliphatic rings. The molecule has 3 heterocycles. The van der Waals surface area contributed by atoms with Gasteiger partial charge in [-0.2, -0.15) is 0 Å². The van der Waals surface area contributed by atoms with Crippen LogP contribution in [0.2, 0.25) is 0 Å². The molecule has 3 N–H and O–H groups in total. The van der Waals surface area contributed by atoms with E-state index in [1.54, 1.807) is 6.07 Å². The fourth-order valence-corrected chi connectivity index (χ4v) is 2.84. The molecule has 1 saturated heterocycles. The highest BCUT2D eigenvalue weighted by molar-refractivity contribution is 7.17. The Morgan fingerprint density at radius 2 is 2.25 bits per heavy atom. The minimum absolute atomic E-state index is 0.176. The molecule has 0 aliphatic carbocycles. The van der Waals surface area contributed by atoms with Crippen molar-refractivity contribution in [3.05, 3.63) is 27.6 Å². The van der Waals surface area contributed by atoms with Gasteiger partial charge >= 0.3 is 0 Å². The zero-order chi connectivity index (χ0) is 14.1. The second-order valence-electron chi connectivity index (χ2n) is 4.53. The summed E-state index contributed by atoms with van der Waals surface area (Å²) < 4.78 is 0.592. The molecule has 0 bridgehead atoms. The Kier molecular flexibility index (Phi) is 3.33. The highest BCUT2D eigenvalue weighted by atomic mass is 32.1. The third kappa shape index (κ3) is 2.47. The number of H-pyrrole nitrogens is 1. The number of hydrogen-bond donors (Lipinski definition) is 3. The molecule has 1 aliphatic heterocycles. The molecule has 20 heavy (non-hydrogen) atoms. The number of hydrogen-bond acceptors (Lipinski definition) is 6. The lowest BCUT2D eigenvalue weighted by Gasteiger charge is -2.21. The van der Waals surface area contributed by atoms with Gasteiger partial charge in [0.15, 0.2) is 0 Å². The lowest BCUT2D eigenvalue weighted by molar-refractivity contribution is -0.134. The van der Waals surface area contributed by atoms with E-state index in [9.17, 15) is 14.4 Å². The molecule has 8 heteroatoms. The van der Waals surface area contributed by atoms with Crippen molar-refractivity contribution in [1.82, 2.24) is 20.6 Å². The standard InChI is InChI=1S/C12H12N4O3S/c17-9-2-1-7(11(18)16-9)13-5-8-14-6-3-4-20-10(6)12(19)15-8/h3-4,7,13H,1-2,5H2,(H,14,15,19)(H,16,17,18). The number of imide groups is 1. The summed E-state index contributed by atoms with van der Waals surface area (Å²) in [5, 5.41) is 7.08. The van der Waals surface area contributed by atoms with Crippen LogP contribution >= 0.6 is 11.3 Å². The Bertz CT molecular complexity index is 736. The third-order valence-corrected chi connectivity index (χ3v) is 4.02. The predicted molar refractivity (Wildman–Crippen MR) is 73.3 cm³/mol. The number of aromatic nitrogens is 2. The van der Waals surface area contributed by atoms with Gasteiger partial charge in [-0.1, -0.05) is 0 Å². The topological polar surface area (TPSA) is 104 Å². The summed E-state index contributed by atoms with van der Waals surface area (Å²) in [6.45, 7) is 0.271. The van der Waals surface area contributed by atoms with Gasteiger partial charge in [0, 0.05) is 6.42 Å².